The molecule has 4 nitrogen and oxygen atoms in total. The van der Waals surface area contributed by atoms with Crippen LogP contribution in [-0.2, 0) is 16.1 Å². The number of esters is 1. The molecular weight excluding hydrogens is 194 g/mol. The molecule has 1 rings (SSSR count). The van der Waals surface area contributed by atoms with Gasteiger partial charge in [-0.1, -0.05) is 13.3 Å². The van der Waals surface area contributed by atoms with E-state index in [-0.39, 0.29) is 12.5 Å². The second kappa shape index (κ2) is 7.06. The zero-order chi connectivity index (χ0) is 10.9. The molecule has 0 unspecified atom stereocenters. The predicted molar refractivity (Wildman–Crippen MR) is 56.3 cm³/mol. The SMILES string of the molecule is CCCCOC(=O)CNCc1ccoc1. The molecule has 0 bridgehead atoms. The molecule has 0 saturated carbocycles. The molecule has 0 aliphatic carbocycles. The average Bonchev–Trinajstić information content (AvgIpc) is 2.71. The van der Waals surface area contributed by atoms with Gasteiger partial charge in [-0.15, -0.1) is 0 Å². The number of unbranched alkanes of at least 4 members (excludes halogenated alkanes) is 1. The van der Waals surface area contributed by atoms with Crippen molar-refractivity contribution in [2.24, 2.45) is 0 Å². The lowest BCUT2D eigenvalue weighted by molar-refractivity contribution is -0.142. The molecule has 1 N–H and O–H groups in total. The molecule has 1 aromatic rings. The van der Waals surface area contributed by atoms with Crippen LogP contribution in [0.2, 0.25) is 0 Å². The van der Waals surface area contributed by atoms with E-state index in [4.69, 9.17) is 9.15 Å². The van der Waals surface area contributed by atoms with Gasteiger partial charge in [0, 0.05) is 12.1 Å². The smallest absolute Gasteiger partial charge is 0.319 e. The molecule has 0 radical (unpaired) electrons. The Balaban J connectivity index is 2.02. The fourth-order valence-corrected chi connectivity index (χ4v) is 1.08. The highest BCUT2D eigenvalue weighted by molar-refractivity contribution is 5.71. The molecule has 0 spiro atoms. The van der Waals surface area contributed by atoms with Crippen LogP contribution in [0, 0.1) is 0 Å². The van der Waals surface area contributed by atoms with Gasteiger partial charge in [0.25, 0.3) is 0 Å². The van der Waals surface area contributed by atoms with Gasteiger partial charge in [0.2, 0.25) is 0 Å². The molecule has 1 aromatic heterocycles. The fourth-order valence-electron chi connectivity index (χ4n) is 1.08. The molecule has 0 saturated heterocycles. The van der Waals surface area contributed by atoms with Gasteiger partial charge in [-0.25, -0.2) is 0 Å². The van der Waals surface area contributed by atoms with E-state index in [1.54, 1.807) is 12.5 Å². The third kappa shape index (κ3) is 5.22. The molecule has 84 valence electrons. The first-order chi connectivity index (χ1) is 7.33. The van der Waals surface area contributed by atoms with Gasteiger partial charge < -0.3 is 14.5 Å². The Morgan fingerprint density at radius 1 is 1.60 bits per heavy atom. The Kier molecular flexibility index (Phi) is 5.55. The lowest BCUT2D eigenvalue weighted by Crippen LogP contribution is -2.24. The van der Waals surface area contributed by atoms with Crippen LogP contribution in [0.3, 0.4) is 0 Å². The summed E-state index contributed by atoms with van der Waals surface area (Å²) in [4.78, 5) is 11.1. The highest BCUT2D eigenvalue weighted by Gasteiger charge is 2.01. The second-order valence-electron chi connectivity index (χ2n) is 3.31. The first kappa shape index (κ1) is 11.8. The van der Waals surface area contributed by atoms with Crippen LogP contribution in [0.5, 0.6) is 0 Å². The maximum absolute atomic E-state index is 11.1. The molecule has 0 fully saturated rings. The third-order valence-corrected chi connectivity index (χ3v) is 1.94. The summed E-state index contributed by atoms with van der Waals surface area (Å²) < 4.78 is 9.87. The standard InChI is InChI=1S/C11H17NO3/c1-2-3-5-15-11(13)8-12-7-10-4-6-14-9-10/h4,6,9,12H,2-3,5,7-8H2,1H3. The normalized spacial score (nSPS) is 10.2. The summed E-state index contributed by atoms with van der Waals surface area (Å²) in [6.07, 6.45) is 5.22. The number of carbonyl (C=O) groups is 1. The van der Waals surface area contributed by atoms with Gasteiger partial charge in [-0.2, -0.15) is 0 Å². The van der Waals surface area contributed by atoms with E-state index < -0.39 is 0 Å². The summed E-state index contributed by atoms with van der Waals surface area (Å²) in [6.45, 7) is 3.45. The molecule has 0 aromatic carbocycles. The molecule has 0 atom stereocenters. The third-order valence-electron chi connectivity index (χ3n) is 1.94. The maximum atomic E-state index is 11.1. The minimum absolute atomic E-state index is 0.202. The number of hydrogen-bond acceptors (Lipinski definition) is 4. The summed E-state index contributed by atoms with van der Waals surface area (Å²) in [5, 5.41) is 2.98. The number of ether oxygens (including phenoxy) is 1. The van der Waals surface area contributed by atoms with Crippen LogP contribution in [0.15, 0.2) is 23.0 Å². The lowest BCUT2D eigenvalue weighted by atomic mass is 10.3. The molecule has 4 heteroatoms. The molecule has 1 heterocycles. The van der Waals surface area contributed by atoms with Crippen molar-refractivity contribution in [1.82, 2.24) is 5.32 Å². The van der Waals surface area contributed by atoms with Crippen LogP contribution in [0.25, 0.3) is 0 Å². The van der Waals surface area contributed by atoms with Crippen molar-refractivity contribution in [2.45, 2.75) is 26.3 Å². The first-order valence-electron chi connectivity index (χ1n) is 5.20. The van der Waals surface area contributed by atoms with Gasteiger partial charge in [0.15, 0.2) is 0 Å². The minimum Gasteiger partial charge on any atom is -0.472 e. The van der Waals surface area contributed by atoms with E-state index in [9.17, 15) is 4.79 Å². The number of rotatable bonds is 7. The van der Waals surface area contributed by atoms with Crippen molar-refractivity contribution in [3.05, 3.63) is 24.2 Å². The van der Waals surface area contributed by atoms with E-state index in [0.717, 1.165) is 18.4 Å². The van der Waals surface area contributed by atoms with E-state index >= 15 is 0 Å². The van der Waals surface area contributed by atoms with Gasteiger partial charge >= 0.3 is 5.97 Å². The molecule has 0 amide bonds. The van der Waals surface area contributed by atoms with Crippen molar-refractivity contribution in [3.8, 4) is 0 Å². The van der Waals surface area contributed by atoms with Crippen molar-refractivity contribution < 1.29 is 13.9 Å². The van der Waals surface area contributed by atoms with Gasteiger partial charge in [-0.3, -0.25) is 4.79 Å². The highest BCUT2D eigenvalue weighted by atomic mass is 16.5. The zero-order valence-corrected chi connectivity index (χ0v) is 8.99. The summed E-state index contributed by atoms with van der Waals surface area (Å²) in [5.41, 5.74) is 1.02. The highest BCUT2D eigenvalue weighted by Crippen LogP contribution is 1.98. The lowest BCUT2D eigenvalue weighted by Gasteiger charge is -2.04. The van der Waals surface area contributed by atoms with E-state index in [0.29, 0.717) is 13.2 Å². The second-order valence-corrected chi connectivity index (χ2v) is 3.31. The van der Waals surface area contributed by atoms with Crippen LogP contribution < -0.4 is 5.32 Å². The molecule has 0 aliphatic rings. The van der Waals surface area contributed by atoms with E-state index in [2.05, 4.69) is 12.2 Å². The Hall–Kier alpha value is -1.29. The Morgan fingerprint density at radius 2 is 2.47 bits per heavy atom. The van der Waals surface area contributed by atoms with Gasteiger partial charge in [-0.05, 0) is 12.5 Å². The van der Waals surface area contributed by atoms with Crippen molar-refractivity contribution >= 4 is 5.97 Å². The minimum atomic E-state index is -0.202. The molecular formula is C11H17NO3. The number of furan rings is 1. The van der Waals surface area contributed by atoms with Gasteiger partial charge in [0.05, 0.1) is 25.7 Å². The Morgan fingerprint density at radius 3 is 3.13 bits per heavy atom. The van der Waals surface area contributed by atoms with E-state index in [1.165, 1.54) is 0 Å². The summed E-state index contributed by atoms with van der Waals surface area (Å²) in [5.74, 6) is -0.202. The molecule has 15 heavy (non-hydrogen) atoms. The fraction of sp³-hybridized carbons (Fsp3) is 0.545. The number of carbonyl (C=O) groups excluding carboxylic acids is 1. The Labute approximate surface area is 89.6 Å². The van der Waals surface area contributed by atoms with Crippen molar-refractivity contribution in [2.75, 3.05) is 13.2 Å². The summed E-state index contributed by atoms with van der Waals surface area (Å²) in [7, 11) is 0. The van der Waals surface area contributed by atoms with Crippen LogP contribution in [0.1, 0.15) is 25.3 Å². The predicted octanol–water partition coefficient (Wildman–Crippen LogP) is 1.71. The van der Waals surface area contributed by atoms with E-state index in [1.807, 2.05) is 6.07 Å². The monoisotopic (exact) mass is 211 g/mol. The largest absolute Gasteiger partial charge is 0.472 e. The number of nitrogens with one attached hydrogen (secondary N) is 1. The molecule has 0 aliphatic heterocycles. The van der Waals surface area contributed by atoms with Gasteiger partial charge in [0.1, 0.15) is 0 Å². The van der Waals surface area contributed by atoms with Crippen LogP contribution in [-0.4, -0.2) is 19.1 Å². The van der Waals surface area contributed by atoms with Crippen molar-refractivity contribution in [1.29, 1.82) is 0 Å². The average molecular weight is 211 g/mol. The summed E-state index contributed by atoms with van der Waals surface area (Å²) >= 11 is 0. The topological polar surface area (TPSA) is 51.5 Å². The first-order valence-corrected chi connectivity index (χ1v) is 5.20. The summed E-state index contributed by atoms with van der Waals surface area (Å²) in [6, 6.07) is 1.86. The quantitative estimate of drug-likeness (QED) is 0.551. The van der Waals surface area contributed by atoms with Crippen molar-refractivity contribution in [3.63, 3.8) is 0 Å². The Bertz CT molecular complexity index is 269. The maximum Gasteiger partial charge on any atom is 0.319 e. The van der Waals surface area contributed by atoms with Crippen LogP contribution in [0.4, 0.5) is 0 Å². The zero-order valence-electron chi connectivity index (χ0n) is 8.99. The van der Waals surface area contributed by atoms with Crippen LogP contribution >= 0.6 is 0 Å². The number of hydrogen-bond donors (Lipinski definition) is 1.